The summed E-state index contributed by atoms with van der Waals surface area (Å²) in [5.74, 6) is 0.327. The van der Waals surface area contributed by atoms with E-state index in [1.54, 1.807) is 0 Å². The van der Waals surface area contributed by atoms with Crippen molar-refractivity contribution in [3.05, 3.63) is 34.9 Å². The van der Waals surface area contributed by atoms with E-state index < -0.39 is 0 Å². The third kappa shape index (κ3) is 2.00. The fourth-order valence-electron chi connectivity index (χ4n) is 2.20. The van der Waals surface area contributed by atoms with Gasteiger partial charge in [0.2, 0.25) is 5.91 Å². The van der Waals surface area contributed by atoms with Crippen molar-refractivity contribution in [3.8, 4) is 0 Å². The molecule has 1 fully saturated rings. The molecule has 15 heavy (non-hydrogen) atoms. The van der Waals surface area contributed by atoms with Gasteiger partial charge in [-0.1, -0.05) is 23.7 Å². The highest BCUT2D eigenvalue weighted by Gasteiger charge is 2.39. The highest BCUT2D eigenvalue weighted by Crippen LogP contribution is 2.36. The number of carbonyl (C=O) groups is 1. The number of halogens is 1. The van der Waals surface area contributed by atoms with Crippen molar-refractivity contribution >= 4 is 17.5 Å². The first kappa shape index (κ1) is 10.5. The summed E-state index contributed by atoms with van der Waals surface area (Å²) >= 11 is 5.95. The lowest BCUT2D eigenvalue weighted by molar-refractivity contribution is -0.119. The number of amides is 1. The number of nitrogens with one attached hydrogen (secondary N) is 1. The Labute approximate surface area is 94.6 Å². The molecule has 2 nitrogen and oxygen atoms in total. The molecule has 1 unspecified atom stereocenters. The summed E-state index contributed by atoms with van der Waals surface area (Å²) in [4.78, 5) is 11.4. The summed E-state index contributed by atoms with van der Waals surface area (Å²) in [6.45, 7) is 4.09. The monoisotopic (exact) mass is 223 g/mol. The predicted molar refractivity (Wildman–Crippen MR) is 61.0 cm³/mol. The zero-order valence-electron chi connectivity index (χ0n) is 8.88. The Morgan fingerprint density at radius 1 is 1.47 bits per heavy atom. The number of benzene rings is 1. The van der Waals surface area contributed by atoms with Crippen molar-refractivity contribution < 1.29 is 4.79 Å². The highest BCUT2D eigenvalue weighted by molar-refractivity contribution is 6.30. The van der Waals surface area contributed by atoms with Crippen molar-refractivity contribution in [3.63, 3.8) is 0 Å². The van der Waals surface area contributed by atoms with Gasteiger partial charge >= 0.3 is 0 Å². The maximum atomic E-state index is 11.4. The van der Waals surface area contributed by atoms with Gasteiger partial charge in [0, 0.05) is 22.9 Å². The summed E-state index contributed by atoms with van der Waals surface area (Å²) < 4.78 is 0. The van der Waals surface area contributed by atoms with Gasteiger partial charge < -0.3 is 5.32 Å². The molecule has 1 aromatic rings. The molecule has 1 heterocycles. The highest BCUT2D eigenvalue weighted by atomic mass is 35.5. The summed E-state index contributed by atoms with van der Waals surface area (Å²) in [5.41, 5.74) is 0.952. The minimum Gasteiger partial charge on any atom is -0.351 e. The Bertz CT molecular complexity index is 400. The molecule has 1 N–H and O–H groups in total. The third-order valence-corrected chi connectivity index (χ3v) is 3.21. The Hall–Kier alpha value is -1.02. The van der Waals surface area contributed by atoms with E-state index in [-0.39, 0.29) is 17.4 Å². The average molecular weight is 224 g/mol. The van der Waals surface area contributed by atoms with Crippen LogP contribution in [0.25, 0.3) is 0 Å². The molecule has 0 aromatic heterocycles. The van der Waals surface area contributed by atoms with Gasteiger partial charge in [-0.05, 0) is 31.5 Å². The maximum absolute atomic E-state index is 11.4. The second-order valence-electron chi connectivity index (χ2n) is 4.58. The van der Waals surface area contributed by atoms with E-state index in [0.717, 1.165) is 10.6 Å². The second kappa shape index (κ2) is 3.53. The van der Waals surface area contributed by atoms with Gasteiger partial charge in [0.25, 0.3) is 0 Å². The lowest BCUT2D eigenvalue weighted by Gasteiger charge is -2.26. The molecule has 1 aliphatic heterocycles. The van der Waals surface area contributed by atoms with E-state index >= 15 is 0 Å². The molecule has 1 atom stereocenters. The molecule has 1 amide bonds. The van der Waals surface area contributed by atoms with Crippen LogP contribution in [0.3, 0.4) is 0 Å². The first-order valence-corrected chi connectivity index (χ1v) is 5.43. The van der Waals surface area contributed by atoms with Crippen LogP contribution in [0.15, 0.2) is 24.3 Å². The van der Waals surface area contributed by atoms with Gasteiger partial charge in [0.15, 0.2) is 0 Å². The van der Waals surface area contributed by atoms with E-state index in [9.17, 15) is 4.79 Å². The van der Waals surface area contributed by atoms with E-state index in [2.05, 4.69) is 5.32 Å². The van der Waals surface area contributed by atoms with Gasteiger partial charge in [-0.3, -0.25) is 4.79 Å². The third-order valence-electron chi connectivity index (χ3n) is 2.97. The number of rotatable bonds is 1. The van der Waals surface area contributed by atoms with Gasteiger partial charge in [0.1, 0.15) is 0 Å². The molecule has 80 valence electrons. The van der Waals surface area contributed by atoms with Gasteiger partial charge in [-0.2, -0.15) is 0 Å². The molecular weight excluding hydrogens is 210 g/mol. The summed E-state index contributed by atoms with van der Waals surface area (Å²) in [5, 5.41) is 3.70. The van der Waals surface area contributed by atoms with E-state index in [1.165, 1.54) is 0 Å². The largest absolute Gasteiger partial charge is 0.351 e. The Morgan fingerprint density at radius 2 is 2.20 bits per heavy atom. The SMILES string of the molecule is CC1(C)NC(=O)CC1c1cccc(Cl)c1. The quantitative estimate of drug-likeness (QED) is 0.780. The first-order valence-electron chi connectivity index (χ1n) is 5.05. The fraction of sp³-hybridized carbons (Fsp3) is 0.417. The molecule has 2 rings (SSSR count). The molecule has 1 aliphatic rings. The normalized spacial score (nSPS) is 23.9. The Kier molecular flexibility index (Phi) is 2.47. The molecule has 0 bridgehead atoms. The summed E-state index contributed by atoms with van der Waals surface area (Å²) in [7, 11) is 0. The number of carbonyl (C=O) groups excluding carboxylic acids is 1. The fourth-order valence-corrected chi connectivity index (χ4v) is 2.39. The number of hydrogen-bond acceptors (Lipinski definition) is 1. The summed E-state index contributed by atoms with van der Waals surface area (Å²) in [6, 6.07) is 7.74. The zero-order chi connectivity index (χ0) is 11.1. The zero-order valence-corrected chi connectivity index (χ0v) is 9.64. The molecular formula is C12H14ClNO. The lowest BCUT2D eigenvalue weighted by Crippen LogP contribution is -2.38. The molecule has 0 saturated carbocycles. The van der Waals surface area contributed by atoms with Crippen LogP contribution >= 0.6 is 11.6 Å². The standard InChI is InChI=1S/C12H14ClNO/c1-12(2)10(7-11(15)14-12)8-4-3-5-9(13)6-8/h3-6,10H,7H2,1-2H3,(H,14,15). The molecule has 0 spiro atoms. The smallest absolute Gasteiger partial charge is 0.221 e. The first-order chi connectivity index (χ1) is 6.99. The van der Waals surface area contributed by atoms with Crippen LogP contribution in [-0.4, -0.2) is 11.4 Å². The lowest BCUT2D eigenvalue weighted by atomic mass is 9.83. The van der Waals surface area contributed by atoms with Crippen molar-refractivity contribution in [2.45, 2.75) is 31.7 Å². The average Bonchev–Trinajstić information content (AvgIpc) is 2.39. The van der Waals surface area contributed by atoms with Crippen LogP contribution in [-0.2, 0) is 4.79 Å². The van der Waals surface area contributed by atoms with Crippen molar-refractivity contribution in [2.24, 2.45) is 0 Å². The Morgan fingerprint density at radius 3 is 2.73 bits per heavy atom. The minimum absolute atomic E-state index is 0.116. The van der Waals surface area contributed by atoms with Crippen molar-refractivity contribution in [1.82, 2.24) is 5.32 Å². The van der Waals surface area contributed by atoms with E-state index in [4.69, 9.17) is 11.6 Å². The van der Waals surface area contributed by atoms with Crippen LogP contribution in [0.5, 0.6) is 0 Å². The topological polar surface area (TPSA) is 29.1 Å². The predicted octanol–water partition coefficient (Wildman–Crippen LogP) is 2.72. The van der Waals surface area contributed by atoms with E-state index in [0.29, 0.717) is 6.42 Å². The van der Waals surface area contributed by atoms with E-state index in [1.807, 2.05) is 38.1 Å². The molecule has 1 saturated heterocycles. The van der Waals surface area contributed by atoms with Gasteiger partial charge in [-0.15, -0.1) is 0 Å². The van der Waals surface area contributed by atoms with Gasteiger partial charge in [0.05, 0.1) is 0 Å². The van der Waals surface area contributed by atoms with Crippen LogP contribution in [0, 0.1) is 0 Å². The van der Waals surface area contributed by atoms with Gasteiger partial charge in [-0.25, -0.2) is 0 Å². The van der Waals surface area contributed by atoms with Crippen molar-refractivity contribution in [1.29, 1.82) is 0 Å². The van der Waals surface area contributed by atoms with Crippen LogP contribution in [0.2, 0.25) is 5.02 Å². The summed E-state index contributed by atoms with van der Waals surface area (Å²) in [6.07, 6.45) is 0.549. The second-order valence-corrected chi connectivity index (χ2v) is 5.02. The minimum atomic E-state index is -0.179. The number of hydrogen-bond donors (Lipinski definition) is 1. The Balaban J connectivity index is 2.35. The van der Waals surface area contributed by atoms with Crippen LogP contribution < -0.4 is 5.32 Å². The molecule has 0 radical (unpaired) electrons. The van der Waals surface area contributed by atoms with Crippen molar-refractivity contribution in [2.75, 3.05) is 0 Å². The molecule has 1 aromatic carbocycles. The van der Waals surface area contributed by atoms with Crippen LogP contribution in [0.4, 0.5) is 0 Å². The maximum Gasteiger partial charge on any atom is 0.221 e. The molecule has 3 heteroatoms. The van der Waals surface area contributed by atoms with Crippen LogP contribution in [0.1, 0.15) is 31.7 Å². The molecule has 0 aliphatic carbocycles.